The maximum atomic E-state index is 5.67. The van der Waals surface area contributed by atoms with Gasteiger partial charge in [0.15, 0.2) is 5.11 Å². The van der Waals surface area contributed by atoms with Gasteiger partial charge in [-0.3, -0.25) is 4.90 Å². The highest BCUT2D eigenvalue weighted by Crippen LogP contribution is 2.44. The van der Waals surface area contributed by atoms with Gasteiger partial charge < -0.3 is 10.2 Å². The van der Waals surface area contributed by atoms with Gasteiger partial charge in [0.2, 0.25) is 0 Å². The highest BCUT2D eigenvalue weighted by Gasteiger charge is 2.40. The summed E-state index contributed by atoms with van der Waals surface area (Å²) in [4.78, 5) is 8.07. The number of hydrogen-bond donors (Lipinski definition) is 1. The SMILES string of the molecule is S=C(N[C@H]1C[C@@H]2CC[C@@H]1C2)N1CCN(c2cccc[nH+]2)CC1. The fourth-order valence-electron chi connectivity index (χ4n) is 4.40. The van der Waals surface area contributed by atoms with E-state index in [0.29, 0.717) is 6.04 Å². The molecule has 2 aliphatic carbocycles. The van der Waals surface area contributed by atoms with Crippen LogP contribution in [0.5, 0.6) is 0 Å². The zero-order valence-corrected chi connectivity index (χ0v) is 13.8. The van der Waals surface area contributed by atoms with Crippen molar-refractivity contribution in [2.45, 2.75) is 31.7 Å². The van der Waals surface area contributed by atoms with E-state index in [9.17, 15) is 0 Å². The van der Waals surface area contributed by atoms with E-state index in [2.05, 4.69) is 32.2 Å². The minimum Gasteiger partial charge on any atom is -0.360 e. The van der Waals surface area contributed by atoms with Crippen LogP contribution in [0.1, 0.15) is 25.7 Å². The Morgan fingerprint density at radius 3 is 2.64 bits per heavy atom. The molecule has 0 spiro atoms. The van der Waals surface area contributed by atoms with Crippen molar-refractivity contribution in [2.24, 2.45) is 11.8 Å². The third-order valence-electron chi connectivity index (χ3n) is 5.65. The predicted molar refractivity (Wildman–Crippen MR) is 91.8 cm³/mol. The Labute approximate surface area is 137 Å². The van der Waals surface area contributed by atoms with Crippen LogP contribution < -0.4 is 15.2 Å². The maximum absolute atomic E-state index is 5.67. The molecule has 0 amide bonds. The third kappa shape index (κ3) is 2.78. The normalized spacial score (nSPS) is 30.6. The molecule has 2 N–H and O–H groups in total. The number of nitrogens with one attached hydrogen (secondary N) is 2. The van der Waals surface area contributed by atoms with Crippen molar-refractivity contribution in [2.75, 3.05) is 31.1 Å². The van der Waals surface area contributed by atoms with Crippen LogP contribution >= 0.6 is 12.2 Å². The van der Waals surface area contributed by atoms with Gasteiger partial charge in [-0.2, -0.15) is 0 Å². The molecule has 2 bridgehead atoms. The Morgan fingerprint density at radius 2 is 2.00 bits per heavy atom. The number of anilines is 1. The van der Waals surface area contributed by atoms with Gasteiger partial charge in [-0.1, -0.05) is 12.5 Å². The molecule has 3 fully saturated rings. The molecule has 4 nitrogen and oxygen atoms in total. The lowest BCUT2D eigenvalue weighted by Gasteiger charge is -2.35. The quantitative estimate of drug-likeness (QED) is 0.842. The van der Waals surface area contributed by atoms with Gasteiger partial charge in [0.25, 0.3) is 5.82 Å². The number of hydrogen-bond acceptors (Lipinski definition) is 2. The van der Waals surface area contributed by atoms with Crippen molar-refractivity contribution in [3.63, 3.8) is 0 Å². The van der Waals surface area contributed by atoms with E-state index in [1.807, 2.05) is 12.3 Å². The number of pyridine rings is 1. The van der Waals surface area contributed by atoms with E-state index < -0.39 is 0 Å². The number of aromatic amines is 1. The number of H-pyrrole nitrogens is 1. The van der Waals surface area contributed by atoms with Gasteiger partial charge in [0, 0.05) is 12.1 Å². The van der Waals surface area contributed by atoms with Crippen molar-refractivity contribution in [3.8, 4) is 0 Å². The smallest absolute Gasteiger partial charge is 0.274 e. The first-order valence-corrected chi connectivity index (χ1v) is 8.97. The first kappa shape index (κ1) is 14.2. The van der Waals surface area contributed by atoms with Gasteiger partial charge in [-0.05, 0) is 49.4 Å². The molecule has 1 aliphatic heterocycles. The van der Waals surface area contributed by atoms with Crippen molar-refractivity contribution >= 4 is 23.1 Å². The average molecular weight is 317 g/mol. The zero-order chi connectivity index (χ0) is 14.9. The predicted octanol–water partition coefficient (Wildman–Crippen LogP) is 1.69. The lowest BCUT2D eigenvalue weighted by molar-refractivity contribution is -0.364. The molecule has 22 heavy (non-hydrogen) atoms. The van der Waals surface area contributed by atoms with Crippen molar-refractivity contribution in [1.82, 2.24) is 10.2 Å². The van der Waals surface area contributed by atoms with Crippen LogP contribution in [-0.2, 0) is 0 Å². The van der Waals surface area contributed by atoms with E-state index in [0.717, 1.165) is 43.1 Å². The maximum Gasteiger partial charge on any atom is 0.274 e. The molecular weight excluding hydrogens is 292 g/mol. The summed E-state index contributed by atoms with van der Waals surface area (Å²) in [5, 5.41) is 4.65. The highest BCUT2D eigenvalue weighted by atomic mass is 32.1. The molecule has 3 aliphatic rings. The minimum absolute atomic E-state index is 0.645. The van der Waals surface area contributed by atoms with E-state index in [1.165, 1.54) is 31.5 Å². The summed E-state index contributed by atoms with van der Waals surface area (Å²) in [6, 6.07) is 6.89. The topological polar surface area (TPSA) is 32.6 Å². The Kier molecular flexibility index (Phi) is 3.90. The second kappa shape index (κ2) is 6.03. The van der Waals surface area contributed by atoms with Crippen LogP contribution in [0.15, 0.2) is 24.4 Å². The summed E-state index contributed by atoms with van der Waals surface area (Å²) in [5.74, 6) is 3.05. The van der Waals surface area contributed by atoms with Crippen molar-refractivity contribution in [3.05, 3.63) is 24.4 Å². The molecule has 3 atom stereocenters. The molecule has 4 rings (SSSR count). The Bertz CT molecular complexity index is 527. The van der Waals surface area contributed by atoms with E-state index >= 15 is 0 Å². The monoisotopic (exact) mass is 317 g/mol. The fraction of sp³-hybridized carbons (Fsp3) is 0.647. The van der Waals surface area contributed by atoms with Crippen molar-refractivity contribution < 1.29 is 4.98 Å². The van der Waals surface area contributed by atoms with Gasteiger partial charge >= 0.3 is 0 Å². The standard InChI is InChI=1S/C17H24N4S/c22-17(19-15-12-13-4-5-14(15)11-13)21-9-7-20(8-10-21)16-3-1-2-6-18-16/h1-3,6,13-15H,4-5,7-12H2,(H,19,22)/p+1/t13-,14-,15+/m1/s1. The van der Waals surface area contributed by atoms with Gasteiger partial charge in [-0.15, -0.1) is 0 Å². The second-order valence-electron chi connectivity index (χ2n) is 6.95. The summed E-state index contributed by atoms with van der Waals surface area (Å²) in [5.41, 5.74) is 0. The first-order chi connectivity index (χ1) is 10.8. The number of thiocarbonyl (C=S) groups is 1. The second-order valence-corrected chi connectivity index (χ2v) is 7.34. The van der Waals surface area contributed by atoms with Crippen LogP contribution in [0.4, 0.5) is 5.82 Å². The van der Waals surface area contributed by atoms with Crippen LogP contribution in [0.25, 0.3) is 0 Å². The summed E-state index contributed by atoms with van der Waals surface area (Å²) < 4.78 is 0. The molecule has 118 valence electrons. The molecular formula is C17H25N4S+. The van der Waals surface area contributed by atoms with Gasteiger partial charge in [0.1, 0.15) is 13.1 Å². The molecule has 2 heterocycles. The Morgan fingerprint density at radius 1 is 1.14 bits per heavy atom. The number of aromatic nitrogens is 1. The minimum atomic E-state index is 0.645. The lowest BCUT2D eigenvalue weighted by atomic mass is 9.95. The summed E-state index contributed by atoms with van der Waals surface area (Å²) in [6.45, 7) is 4.07. The molecule has 1 aromatic rings. The van der Waals surface area contributed by atoms with Crippen LogP contribution in [-0.4, -0.2) is 42.2 Å². The fourth-order valence-corrected chi connectivity index (χ4v) is 4.74. The third-order valence-corrected chi connectivity index (χ3v) is 6.02. The number of piperazine rings is 1. The largest absolute Gasteiger partial charge is 0.360 e. The number of rotatable bonds is 2. The molecule has 5 heteroatoms. The Hall–Kier alpha value is -1.36. The Balaban J connectivity index is 1.29. The van der Waals surface area contributed by atoms with Crippen LogP contribution in [0.2, 0.25) is 0 Å². The van der Waals surface area contributed by atoms with Gasteiger partial charge in [0.05, 0.1) is 19.3 Å². The number of nitrogens with zero attached hydrogens (tertiary/aromatic N) is 2. The first-order valence-electron chi connectivity index (χ1n) is 8.57. The zero-order valence-electron chi connectivity index (χ0n) is 13.0. The van der Waals surface area contributed by atoms with Gasteiger partial charge in [-0.25, -0.2) is 4.98 Å². The average Bonchev–Trinajstić information content (AvgIpc) is 3.19. The highest BCUT2D eigenvalue weighted by molar-refractivity contribution is 7.80. The van der Waals surface area contributed by atoms with Crippen LogP contribution in [0, 0.1) is 11.8 Å². The molecule has 1 saturated heterocycles. The van der Waals surface area contributed by atoms with Crippen molar-refractivity contribution in [1.29, 1.82) is 0 Å². The number of fused-ring (bicyclic) bond motifs is 2. The molecule has 0 aromatic carbocycles. The van der Waals surface area contributed by atoms with E-state index in [1.54, 1.807) is 0 Å². The van der Waals surface area contributed by atoms with E-state index in [-0.39, 0.29) is 0 Å². The summed E-state index contributed by atoms with van der Waals surface area (Å²) in [7, 11) is 0. The molecule has 1 aromatic heterocycles. The lowest BCUT2D eigenvalue weighted by Crippen LogP contribution is -2.54. The molecule has 0 radical (unpaired) electrons. The molecule has 0 unspecified atom stereocenters. The van der Waals surface area contributed by atoms with E-state index in [4.69, 9.17) is 12.2 Å². The summed E-state index contributed by atoms with van der Waals surface area (Å²) >= 11 is 5.67. The molecule has 2 saturated carbocycles. The summed E-state index contributed by atoms with van der Waals surface area (Å²) in [6.07, 6.45) is 7.61. The van der Waals surface area contributed by atoms with Crippen LogP contribution in [0.3, 0.4) is 0 Å².